The minimum absolute atomic E-state index is 0.0196. The van der Waals surface area contributed by atoms with Gasteiger partial charge in [0.25, 0.3) is 0 Å². The Balaban J connectivity index is 1.58. The van der Waals surface area contributed by atoms with E-state index in [-0.39, 0.29) is 36.6 Å². The monoisotopic (exact) mass is 396 g/mol. The number of rotatable bonds is 7. The molecule has 28 heavy (non-hydrogen) atoms. The van der Waals surface area contributed by atoms with Crippen molar-refractivity contribution < 1.29 is 33.6 Å². The van der Waals surface area contributed by atoms with Crippen LogP contribution in [0.3, 0.4) is 0 Å². The van der Waals surface area contributed by atoms with Crippen molar-refractivity contribution in [1.82, 2.24) is 0 Å². The molecule has 0 bridgehead atoms. The molecule has 0 aromatic rings. The summed E-state index contributed by atoms with van der Waals surface area (Å²) in [6.45, 7) is 7.37. The van der Waals surface area contributed by atoms with Gasteiger partial charge in [0.15, 0.2) is 5.79 Å². The summed E-state index contributed by atoms with van der Waals surface area (Å²) in [5, 5.41) is 10.1. The number of esters is 1. The minimum atomic E-state index is -0.749. The predicted octanol–water partition coefficient (Wildman–Crippen LogP) is 2.27. The van der Waals surface area contributed by atoms with Gasteiger partial charge in [0.1, 0.15) is 12.2 Å². The lowest BCUT2D eigenvalue weighted by atomic mass is 10.0. The van der Waals surface area contributed by atoms with E-state index >= 15 is 0 Å². The highest BCUT2D eigenvalue weighted by Crippen LogP contribution is 2.39. The summed E-state index contributed by atoms with van der Waals surface area (Å²) < 4.78 is 29.0. The average Bonchev–Trinajstić information content (AvgIpc) is 3.37. The number of methoxy groups -OCH3 is 1. The molecule has 0 aromatic carbocycles. The van der Waals surface area contributed by atoms with Gasteiger partial charge in [-0.2, -0.15) is 0 Å². The van der Waals surface area contributed by atoms with E-state index < -0.39 is 17.9 Å². The fraction of sp³-hybridized carbons (Fsp3) is 0.762. The van der Waals surface area contributed by atoms with Crippen molar-refractivity contribution in [2.45, 2.75) is 94.5 Å². The lowest BCUT2D eigenvalue weighted by Crippen LogP contribution is -2.37. The Hall–Kier alpha value is -1.25. The Morgan fingerprint density at radius 2 is 1.86 bits per heavy atom. The van der Waals surface area contributed by atoms with Gasteiger partial charge in [0.2, 0.25) is 0 Å². The van der Waals surface area contributed by atoms with E-state index in [9.17, 15) is 9.90 Å². The summed E-state index contributed by atoms with van der Waals surface area (Å²) in [4.78, 5) is 11.4. The molecule has 3 rings (SSSR count). The van der Waals surface area contributed by atoms with E-state index in [0.29, 0.717) is 6.42 Å². The molecule has 0 unspecified atom stereocenters. The molecular formula is C21H32O7. The summed E-state index contributed by atoms with van der Waals surface area (Å²) >= 11 is 0. The van der Waals surface area contributed by atoms with Crippen molar-refractivity contribution in [3.05, 3.63) is 24.8 Å². The van der Waals surface area contributed by atoms with Crippen LogP contribution in [-0.4, -0.2) is 66.7 Å². The van der Waals surface area contributed by atoms with E-state index in [1.807, 2.05) is 13.8 Å². The van der Waals surface area contributed by atoms with Crippen LogP contribution in [-0.2, 0) is 28.5 Å². The zero-order valence-corrected chi connectivity index (χ0v) is 16.9. The molecule has 3 fully saturated rings. The third-order valence-electron chi connectivity index (χ3n) is 5.58. The zero-order chi connectivity index (χ0) is 20.3. The van der Waals surface area contributed by atoms with Crippen molar-refractivity contribution in [2.24, 2.45) is 0 Å². The van der Waals surface area contributed by atoms with Gasteiger partial charge < -0.3 is 28.8 Å². The molecule has 3 heterocycles. The van der Waals surface area contributed by atoms with Crippen LogP contribution in [0.4, 0.5) is 0 Å². The molecule has 7 nitrogen and oxygen atoms in total. The molecule has 0 spiro atoms. The summed E-state index contributed by atoms with van der Waals surface area (Å²) in [5.41, 5.74) is 0. The maximum atomic E-state index is 11.4. The quantitative estimate of drug-likeness (QED) is 0.401. The first-order valence-electron chi connectivity index (χ1n) is 10.0. The summed E-state index contributed by atoms with van der Waals surface area (Å²) in [6, 6.07) is 0. The van der Waals surface area contributed by atoms with Gasteiger partial charge in [-0.25, -0.2) is 4.79 Å². The Kier molecular flexibility index (Phi) is 6.94. The summed E-state index contributed by atoms with van der Waals surface area (Å²) in [5.74, 6) is -1.18. The van der Waals surface area contributed by atoms with Crippen LogP contribution >= 0.6 is 0 Å². The van der Waals surface area contributed by atoms with Gasteiger partial charge in [-0.3, -0.25) is 0 Å². The van der Waals surface area contributed by atoms with E-state index in [1.165, 1.54) is 13.2 Å². The molecule has 0 saturated carbocycles. The van der Waals surface area contributed by atoms with Gasteiger partial charge in [-0.1, -0.05) is 6.08 Å². The largest absolute Gasteiger partial charge is 0.466 e. The second-order valence-electron chi connectivity index (χ2n) is 8.12. The number of carbonyl (C=O) groups is 1. The molecule has 3 saturated heterocycles. The highest BCUT2D eigenvalue weighted by atomic mass is 16.8. The first kappa shape index (κ1) is 21.5. The normalized spacial score (nSPS) is 38.7. The highest BCUT2D eigenvalue weighted by molar-refractivity contribution is 5.81. The summed E-state index contributed by atoms with van der Waals surface area (Å²) in [6.07, 6.45) is 7.13. The number of ether oxygens (including phenoxy) is 5. The molecule has 0 radical (unpaired) electrons. The van der Waals surface area contributed by atoms with Crippen LogP contribution in [0, 0.1) is 0 Å². The van der Waals surface area contributed by atoms with Crippen LogP contribution in [0.5, 0.6) is 0 Å². The SMILES string of the molecule is C=CC[C@@H](O)[C@H]1CC[C@@H]([C@H]2CC[C@H]([C@H]3OC(C)(C)O[C@H]3/C=C\C(=O)OC)O2)O1. The number of aliphatic hydroxyl groups is 1. The molecule has 7 atom stereocenters. The third-order valence-corrected chi connectivity index (χ3v) is 5.58. The van der Waals surface area contributed by atoms with Crippen LogP contribution in [0.1, 0.15) is 46.0 Å². The number of hydrogen-bond donors (Lipinski definition) is 1. The number of carbonyl (C=O) groups excluding carboxylic acids is 1. The molecule has 158 valence electrons. The molecule has 0 aromatic heterocycles. The van der Waals surface area contributed by atoms with Gasteiger partial charge in [-0.15, -0.1) is 6.58 Å². The van der Waals surface area contributed by atoms with E-state index in [1.54, 1.807) is 12.2 Å². The smallest absolute Gasteiger partial charge is 0.330 e. The Bertz CT molecular complexity index is 587. The Morgan fingerprint density at radius 1 is 1.18 bits per heavy atom. The first-order valence-corrected chi connectivity index (χ1v) is 10.0. The van der Waals surface area contributed by atoms with Gasteiger partial charge >= 0.3 is 5.97 Å². The van der Waals surface area contributed by atoms with Crippen molar-refractivity contribution in [1.29, 1.82) is 0 Å². The standard InChI is InChI=1S/C21H32O7/c1-5-6-13(22)14-7-8-15(25-14)16-9-10-17(26-16)20-18(11-12-19(23)24-4)27-21(2,3)28-20/h5,11-18,20,22H,1,6-10H2,2-4H3/b12-11-/t13-,14-,15+,16-,17-,18+,20-/m1/s1. The number of hydrogen-bond acceptors (Lipinski definition) is 7. The van der Waals surface area contributed by atoms with Crippen LogP contribution in [0.15, 0.2) is 24.8 Å². The van der Waals surface area contributed by atoms with Gasteiger partial charge in [0.05, 0.1) is 37.6 Å². The van der Waals surface area contributed by atoms with E-state index in [2.05, 4.69) is 11.3 Å². The van der Waals surface area contributed by atoms with E-state index in [0.717, 1.165) is 25.7 Å². The average molecular weight is 396 g/mol. The molecule has 0 aliphatic carbocycles. The molecule has 3 aliphatic heterocycles. The lowest BCUT2D eigenvalue weighted by Gasteiger charge is -2.25. The van der Waals surface area contributed by atoms with Gasteiger partial charge in [0, 0.05) is 6.08 Å². The van der Waals surface area contributed by atoms with Gasteiger partial charge in [-0.05, 0) is 52.0 Å². The lowest BCUT2D eigenvalue weighted by molar-refractivity contribution is -0.162. The first-order chi connectivity index (χ1) is 13.3. The second kappa shape index (κ2) is 9.05. The Morgan fingerprint density at radius 3 is 2.57 bits per heavy atom. The Labute approximate surface area is 166 Å². The molecule has 3 aliphatic rings. The molecular weight excluding hydrogens is 364 g/mol. The van der Waals surface area contributed by atoms with Crippen LogP contribution in [0.25, 0.3) is 0 Å². The third kappa shape index (κ3) is 5.02. The summed E-state index contributed by atoms with van der Waals surface area (Å²) in [7, 11) is 1.34. The molecule has 1 N–H and O–H groups in total. The van der Waals surface area contributed by atoms with Crippen LogP contribution in [0.2, 0.25) is 0 Å². The van der Waals surface area contributed by atoms with Crippen molar-refractivity contribution >= 4 is 5.97 Å². The predicted molar refractivity (Wildman–Crippen MR) is 102 cm³/mol. The van der Waals surface area contributed by atoms with Crippen molar-refractivity contribution in [2.75, 3.05) is 7.11 Å². The molecule has 0 amide bonds. The van der Waals surface area contributed by atoms with Crippen molar-refractivity contribution in [3.8, 4) is 0 Å². The zero-order valence-electron chi connectivity index (χ0n) is 16.9. The highest BCUT2D eigenvalue weighted by Gasteiger charge is 2.48. The second-order valence-corrected chi connectivity index (χ2v) is 8.12. The topological polar surface area (TPSA) is 83.5 Å². The van der Waals surface area contributed by atoms with Crippen molar-refractivity contribution in [3.63, 3.8) is 0 Å². The maximum absolute atomic E-state index is 11.4. The maximum Gasteiger partial charge on any atom is 0.330 e. The minimum Gasteiger partial charge on any atom is -0.466 e. The van der Waals surface area contributed by atoms with E-state index in [4.69, 9.17) is 18.9 Å². The van der Waals surface area contributed by atoms with Crippen LogP contribution < -0.4 is 0 Å². The number of aliphatic hydroxyl groups excluding tert-OH is 1. The fourth-order valence-electron chi connectivity index (χ4n) is 4.27. The fourth-order valence-corrected chi connectivity index (χ4v) is 4.27. The molecule has 7 heteroatoms.